The number of carboxylic acids is 1. The van der Waals surface area contributed by atoms with Gasteiger partial charge in [0.1, 0.15) is 5.79 Å². The predicted octanol–water partition coefficient (Wildman–Crippen LogP) is 0.110. The Balaban J connectivity index is 4.02. The lowest BCUT2D eigenvalue weighted by molar-refractivity contribution is -0.132. The Bertz CT molecular complexity index is 216. The Labute approximate surface area is 90.9 Å². The average molecular weight is 215 g/mol. The summed E-state index contributed by atoms with van der Waals surface area (Å²) < 4.78 is 0. The van der Waals surface area contributed by atoms with Gasteiger partial charge in [-0.05, 0) is 40.4 Å². The molecule has 0 aromatic carbocycles. The molecular formula is C10H21N3O2. The molecule has 0 spiro atoms. The van der Waals surface area contributed by atoms with Crippen LogP contribution in [0.15, 0.2) is 12.2 Å². The van der Waals surface area contributed by atoms with E-state index in [-0.39, 0.29) is 11.4 Å². The molecule has 4 N–H and O–H groups in total. The summed E-state index contributed by atoms with van der Waals surface area (Å²) in [4.78, 5) is 10.5. The van der Waals surface area contributed by atoms with Crippen LogP contribution in [0.3, 0.4) is 0 Å². The van der Waals surface area contributed by atoms with Crippen molar-refractivity contribution in [3.8, 4) is 0 Å². The van der Waals surface area contributed by atoms with Gasteiger partial charge in [-0.1, -0.05) is 6.58 Å². The van der Waals surface area contributed by atoms with Crippen LogP contribution in [0.1, 0.15) is 19.3 Å². The Kier molecular flexibility index (Phi) is 6.15. The van der Waals surface area contributed by atoms with Gasteiger partial charge in [0.2, 0.25) is 0 Å². The Hall–Kier alpha value is -0.910. The van der Waals surface area contributed by atoms with Crippen LogP contribution >= 0.6 is 0 Å². The average Bonchev–Trinajstić information content (AvgIpc) is 2.24. The van der Waals surface area contributed by atoms with Crippen LogP contribution in [-0.4, -0.2) is 38.0 Å². The van der Waals surface area contributed by atoms with Crippen LogP contribution in [0.2, 0.25) is 0 Å². The van der Waals surface area contributed by atoms with Crippen molar-refractivity contribution in [1.82, 2.24) is 16.0 Å². The van der Waals surface area contributed by atoms with Crippen LogP contribution in [0.5, 0.6) is 0 Å². The van der Waals surface area contributed by atoms with Crippen molar-refractivity contribution in [2.75, 3.05) is 21.1 Å². The normalized spacial score (nSPS) is 11.4. The molecule has 0 aliphatic carbocycles. The first-order valence-corrected chi connectivity index (χ1v) is 4.99. The van der Waals surface area contributed by atoms with Gasteiger partial charge < -0.3 is 5.11 Å². The topological polar surface area (TPSA) is 73.4 Å². The van der Waals surface area contributed by atoms with Gasteiger partial charge in [-0.3, -0.25) is 16.0 Å². The predicted molar refractivity (Wildman–Crippen MR) is 60.5 cm³/mol. The SMILES string of the molecule is C=C(CCCC(NC)(NC)NC)C(=O)O. The molecule has 0 aromatic heterocycles. The minimum Gasteiger partial charge on any atom is -0.478 e. The third kappa shape index (κ3) is 4.42. The van der Waals surface area contributed by atoms with Crippen LogP contribution in [0, 0.1) is 0 Å². The maximum absolute atomic E-state index is 10.5. The lowest BCUT2D eigenvalue weighted by atomic mass is 10.1. The molecule has 0 saturated carbocycles. The van der Waals surface area contributed by atoms with Gasteiger partial charge in [0.05, 0.1) is 0 Å². The molecule has 0 saturated heterocycles. The molecule has 0 aliphatic heterocycles. The molecule has 88 valence electrons. The van der Waals surface area contributed by atoms with E-state index < -0.39 is 5.97 Å². The zero-order valence-electron chi connectivity index (χ0n) is 9.68. The minimum atomic E-state index is -0.918. The maximum atomic E-state index is 10.5. The second-order valence-corrected chi connectivity index (χ2v) is 3.42. The summed E-state index contributed by atoms with van der Waals surface area (Å²) in [6, 6.07) is 0. The van der Waals surface area contributed by atoms with E-state index in [1.807, 2.05) is 21.1 Å². The number of carboxylic acid groups (broad SMARTS) is 1. The van der Waals surface area contributed by atoms with E-state index in [4.69, 9.17) is 5.11 Å². The van der Waals surface area contributed by atoms with Gasteiger partial charge in [-0.25, -0.2) is 4.79 Å². The van der Waals surface area contributed by atoms with Crippen LogP contribution in [-0.2, 0) is 4.79 Å². The highest BCUT2D eigenvalue weighted by Crippen LogP contribution is 2.11. The van der Waals surface area contributed by atoms with Crippen LogP contribution in [0.25, 0.3) is 0 Å². The van der Waals surface area contributed by atoms with Gasteiger partial charge in [0, 0.05) is 5.57 Å². The van der Waals surface area contributed by atoms with Crippen molar-refractivity contribution < 1.29 is 9.90 Å². The second kappa shape index (κ2) is 6.55. The molecule has 0 heterocycles. The smallest absolute Gasteiger partial charge is 0.330 e. The molecule has 0 amide bonds. The molecule has 5 heteroatoms. The van der Waals surface area contributed by atoms with Crippen molar-refractivity contribution >= 4 is 5.97 Å². The highest BCUT2D eigenvalue weighted by Gasteiger charge is 2.22. The third-order valence-electron chi connectivity index (χ3n) is 2.61. The van der Waals surface area contributed by atoms with E-state index in [0.29, 0.717) is 6.42 Å². The van der Waals surface area contributed by atoms with Gasteiger partial charge >= 0.3 is 5.97 Å². The highest BCUT2D eigenvalue weighted by atomic mass is 16.4. The minimum absolute atomic E-state index is 0.257. The van der Waals surface area contributed by atoms with Gasteiger partial charge in [-0.15, -0.1) is 0 Å². The number of carbonyl (C=O) groups is 1. The summed E-state index contributed by atoms with van der Waals surface area (Å²) in [5.41, 5.74) is 0.257. The molecule has 0 aliphatic rings. The van der Waals surface area contributed by atoms with Gasteiger partial charge in [0.15, 0.2) is 0 Å². The number of rotatable bonds is 8. The van der Waals surface area contributed by atoms with E-state index in [9.17, 15) is 4.79 Å². The molecule has 0 unspecified atom stereocenters. The standard InChI is InChI=1S/C10H21N3O2/c1-8(9(14)15)6-5-7-10(11-2,12-3)13-4/h11-13H,1,5-7H2,2-4H3,(H,14,15). The Morgan fingerprint density at radius 1 is 1.27 bits per heavy atom. The zero-order chi connectivity index (χ0) is 11.9. The summed E-state index contributed by atoms with van der Waals surface area (Å²) in [6.07, 6.45) is 2.04. The van der Waals surface area contributed by atoms with Crippen molar-refractivity contribution in [2.45, 2.75) is 25.0 Å². The molecule has 0 fully saturated rings. The summed E-state index contributed by atoms with van der Waals surface area (Å²) in [5, 5.41) is 18.0. The fourth-order valence-corrected chi connectivity index (χ4v) is 1.42. The first-order valence-electron chi connectivity index (χ1n) is 4.99. The van der Waals surface area contributed by atoms with Gasteiger partial charge in [0.25, 0.3) is 0 Å². The molecule has 0 atom stereocenters. The van der Waals surface area contributed by atoms with Crippen molar-refractivity contribution in [3.63, 3.8) is 0 Å². The summed E-state index contributed by atoms with van der Waals surface area (Å²) >= 11 is 0. The Morgan fingerprint density at radius 2 is 1.73 bits per heavy atom. The van der Waals surface area contributed by atoms with E-state index in [0.717, 1.165) is 12.8 Å². The quantitative estimate of drug-likeness (QED) is 0.342. The van der Waals surface area contributed by atoms with Crippen molar-refractivity contribution in [3.05, 3.63) is 12.2 Å². The number of hydrogen-bond acceptors (Lipinski definition) is 4. The van der Waals surface area contributed by atoms with E-state index in [1.54, 1.807) is 0 Å². The van der Waals surface area contributed by atoms with E-state index in [2.05, 4.69) is 22.5 Å². The number of hydrogen-bond donors (Lipinski definition) is 4. The zero-order valence-corrected chi connectivity index (χ0v) is 9.68. The number of aliphatic carboxylic acids is 1. The molecule has 15 heavy (non-hydrogen) atoms. The monoisotopic (exact) mass is 215 g/mol. The van der Waals surface area contributed by atoms with Crippen LogP contribution in [0.4, 0.5) is 0 Å². The van der Waals surface area contributed by atoms with E-state index in [1.165, 1.54) is 0 Å². The summed E-state index contributed by atoms with van der Waals surface area (Å²) in [7, 11) is 5.54. The second-order valence-electron chi connectivity index (χ2n) is 3.42. The van der Waals surface area contributed by atoms with Gasteiger partial charge in [-0.2, -0.15) is 0 Å². The highest BCUT2D eigenvalue weighted by molar-refractivity contribution is 5.85. The maximum Gasteiger partial charge on any atom is 0.330 e. The lowest BCUT2D eigenvalue weighted by Crippen LogP contribution is -2.63. The first-order chi connectivity index (χ1) is 7.01. The molecule has 0 aromatic rings. The fourth-order valence-electron chi connectivity index (χ4n) is 1.42. The summed E-state index contributed by atoms with van der Waals surface area (Å²) in [5.74, 6) is -1.25. The lowest BCUT2D eigenvalue weighted by Gasteiger charge is -2.33. The van der Waals surface area contributed by atoms with E-state index >= 15 is 0 Å². The molecule has 0 bridgehead atoms. The number of nitrogens with one attached hydrogen (secondary N) is 3. The third-order valence-corrected chi connectivity index (χ3v) is 2.61. The summed E-state index contributed by atoms with van der Waals surface area (Å²) in [6.45, 7) is 3.49. The fraction of sp³-hybridized carbons (Fsp3) is 0.700. The molecule has 5 nitrogen and oxygen atoms in total. The molecule has 0 radical (unpaired) electrons. The van der Waals surface area contributed by atoms with Crippen molar-refractivity contribution in [2.24, 2.45) is 0 Å². The Morgan fingerprint density at radius 3 is 2.07 bits per heavy atom. The van der Waals surface area contributed by atoms with Crippen LogP contribution < -0.4 is 16.0 Å². The largest absolute Gasteiger partial charge is 0.478 e. The molecule has 0 rings (SSSR count). The first kappa shape index (κ1) is 14.1. The molecular weight excluding hydrogens is 194 g/mol. The van der Waals surface area contributed by atoms with Crippen molar-refractivity contribution in [1.29, 1.82) is 0 Å².